The van der Waals surface area contributed by atoms with E-state index in [1.807, 2.05) is 19.1 Å². The highest BCUT2D eigenvalue weighted by Crippen LogP contribution is 2.07. The average molecular weight is 348 g/mol. The van der Waals surface area contributed by atoms with Gasteiger partial charge >= 0.3 is 0 Å². The third-order valence-corrected chi connectivity index (χ3v) is 2.88. The fourth-order valence-corrected chi connectivity index (χ4v) is 1.87. The van der Waals surface area contributed by atoms with E-state index in [-0.39, 0.29) is 11.9 Å². The Morgan fingerprint density at radius 2 is 2.06 bits per heavy atom. The molecule has 16 heavy (non-hydrogen) atoms. The van der Waals surface area contributed by atoms with Crippen molar-refractivity contribution < 1.29 is 4.79 Å². The first-order chi connectivity index (χ1) is 7.49. The van der Waals surface area contributed by atoms with Crippen LogP contribution >= 0.6 is 34.8 Å². The van der Waals surface area contributed by atoms with Gasteiger partial charge in [-0.2, -0.15) is 0 Å². The normalized spacial score (nSPS) is 11.9. The second-order valence-electron chi connectivity index (χ2n) is 3.55. The highest BCUT2D eigenvalue weighted by atomic mass is 127. The van der Waals surface area contributed by atoms with E-state index in [0.29, 0.717) is 17.0 Å². The Morgan fingerprint density at radius 1 is 1.50 bits per heavy atom. The Labute approximate surface area is 114 Å². The van der Waals surface area contributed by atoms with Crippen LogP contribution in [0.25, 0.3) is 0 Å². The van der Waals surface area contributed by atoms with E-state index in [4.69, 9.17) is 18.0 Å². The van der Waals surface area contributed by atoms with Crippen LogP contribution in [0.15, 0.2) is 24.3 Å². The summed E-state index contributed by atoms with van der Waals surface area (Å²) in [7, 11) is 0. The van der Waals surface area contributed by atoms with E-state index in [1.165, 1.54) is 0 Å². The van der Waals surface area contributed by atoms with Gasteiger partial charge in [-0.15, -0.1) is 0 Å². The summed E-state index contributed by atoms with van der Waals surface area (Å²) in [4.78, 5) is 12.2. The second-order valence-corrected chi connectivity index (χ2v) is 5.32. The minimum absolute atomic E-state index is 0.0377. The lowest BCUT2D eigenvalue weighted by atomic mass is 10.2. The van der Waals surface area contributed by atoms with Crippen molar-refractivity contribution in [1.82, 2.24) is 5.32 Å². The van der Waals surface area contributed by atoms with Crippen molar-refractivity contribution in [1.29, 1.82) is 0 Å². The number of amides is 1. The van der Waals surface area contributed by atoms with Gasteiger partial charge in [0.2, 0.25) is 0 Å². The summed E-state index contributed by atoms with van der Waals surface area (Å²) in [5, 5.41) is 2.84. The molecule has 0 fully saturated rings. The summed E-state index contributed by atoms with van der Waals surface area (Å²) in [6.45, 7) is 1.88. The van der Waals surface area contributed by atoms with Crippen molar-refractivity contribution in [2.24, 2.45) is 5.73 Å². The first-order valence-electron chi connectivity index (χ1n) is 4.84. The molecule has 86 valence electrons. The topological polar surface area (TPSA) is 55.1 Å². The van der Waals surface area contributed by atoms with Gasteiger partial charge in [-0.1, -0.05) is 12.2 Å². The van der Waals surface area contributed by atoms with Gasteiger partial charge in [0.1, 0.15) is 0 Å². The van der Waals surface area contributed by atoms with Crippen LogP contribution in [0.2, 0.25) is 0 Å². The minimum atomic E-state index is -0.0971. The quantitative estimate of drug-likeness (QED) is 0.647. The molecule has 3 N–H and O–H groups in total. The van der Waals surface area contributed by atoms with E-state index in [9.17, 15) is 4.79 Å². The lowest BCUT2D eigenvalue weighted by Crippen LogP contribution is -2.35. The molecule has 1 rings (SSSR count). The Balaban J connectivity index is 2.58. The van der Waals surface area contributed by atoms with Gasteiger partial charge in [0.25, 0.3) is 5.91 Å². The van der Waals surface area contributed by atoms with Crippen molar-refractivity contribution in [3.63, 3.8) is 0 Å². The Kier molecular flexibility index (Phi) is 5.14. The second kappa shape index (κ2) is 6.15. The van der Waals surface area contributed by atoms with Crippen molar-refractivity contribution in [2.75, 3.05) is 0 Å². The number of carbonyl (C=O) groups is 1. The van der Waals surface area contributed by atoms with Crippen LogP contribution in [0.4, 0.5) is 0 Å². The van der Waals surface area contributed by atoms with Crippen LogP contribution in [0.3, 0.4) is 0 Å². The molecule has 0 spiro atoms. The molecule has 3 nitrogen and oxygen atoms in total. The lowest BCUT2D eigenvalue weighted by molar-refractivity contribution is 0.0941. The van der Waals surface area contributed by atoms with Gasteiger partial charge in [0.05, 0.1) is 4.99 Å². The summed E-state index contributed by atoms with van der Waals surface area (Å²) >= 11 is 6.98. The molecule has 1 aromatic rings. The van der Waals surface area contributed by atoms with Crippen molar-refractivity contribution in [3.05, 3.63) is 33.4 Å². The largest absolute Gasteiger partial charge is 0.393 e. The molecule has 1 unspecified atom stereocenters. The predicted molar refractivity (Wildman–Crippen MR) is 77.5 cm³/mol. The van der Waals surface area contributed by atoms with Gasteiger partial charge in [-0.05, 0) is 53.8 Å². The smallest absolute Gasteiger partial charge is 0.251 e. The molecule has 0 saturated carbocycles. The van der Waals surface area contributed by atoms with Crippen LogP contribution < -0.4 is 11.1 Å². The van der Waals surface area contributed by atoms with E-state index in [2.05, 4.69) is 27.9 Å². The molecular formula is C11H13IN2OS. The molecule has 0 aliphatic rings. The van der Waals surface area contributed by atoms with Crippen molar-refractivity contribution >= 4 is 45.7 Å². The highest BCUT2D eigenvalue weighted by molar-refractivity contribution is 14.1. The summed E-state index contributed by atoms with van der Waals surface area (Å²) in [6.07, 6.45) is 0.519. The van der Waals surface area contributed by atoms with Crippen LogP contribution in [-0.2, 0) is 0 Å². The maximum absolute atomic E-state index is 11.8. The maximum Gasteiger partial charge on any atom is 0.251 e. The zero-order valence-electron chi connectivity index (χ0n) is 8.87. The maximum atomic E-state index is 11.8. The van der Waals surface area contributed by atoms with Crippen LogP contribution in [-0.4, -0.2) is 16.9 Å². The summed E-state index contributed by atoms with van der Waals surface area (Å²) in [5.74, 6) is -0.0971. The molecule has 0 heterocycles. The third-order valence-electron chi connectivity index (χ3n) is 1.99. The van der Waals surface area contributed by atoms with Gasteiger partial charge in [0.15, 0.2) is 0 Å². The molecule has 1 aromatic carbocycles. The molecule has 1 atom stereocenters. The fourth-order valence-electron chi connectivity index (χ4n) is 1.26. The molecule has 0 aliphatic heterocycles. The van der Waals surface area contributed by atoms with Crippen molar-refractivity contribution in [2.45, 2.75) is 19.4 Å². The third kappa shape index (κ3) is 4.44. The molecule has 1 amide bonds. The monoisotopic (exact) mass is 348 g/mol. The molecular weight excluding hydrogens is 335 g/mol. The Bertz CT molecular complexity index is 391. The number of thiocarbonyl (C=S) groups is 1. The number of benzene rings is 1. The molecule has 0 saturated heterocycles. The van der Waals surface area contributed by atoms with Crippen molar-refractivity contribution in [3.8, 4) is 0 Å². The highest BCUT2D eigenvalue weighted by Gasteiger charge is 2.09. The number of nitrogens with two attached hydrogens (primary N) is 1. The first-order valence-corrected chi connectivity index (χ1v) is 6.32. The minimum Gasteiger partial charge on any atom is -0.393 e. The Morgan fingerprint density at radius 3 is 2.56 bits per heavy atom. The number of hydrogen-bond donors (Lipinski definition) is 2. The summed E-state index contributed by atoms with van der Waals surface area (Å²) in [5.41, 5.74) is 6.06. The SMILES string of the molecule is CC(CC(N)=S)NC(=O)c1ccc(I)cc1. The van der Waals surface area contributed by atoms with E-state index < -0.39 is 0 Å². The lowest BCUT2D eigenvalue weighted by Gasteiger charge is -2.12. The molecule has 0 radical (unpaired) electrons. The van der Waals surface area contributed by atoms with E-state index in [0.717, 1.165) is 3.57 Å². The molecule has 0 bridgehead atoms. The zero-order chi connectivity index (χ0) is 12.1. The van der Waals surface area contributed by atoms with Crippen LogP contribution in [0.1, 0.15) is 23.7 Å². The number of halogens is 1. The molecule has 5 heteroatoms. The van der Waals surface area contributed by atoms with Gasteiger partial charge in [0, 0.05) is 21.6 Å². The first kappa shape index (κ1) is 13.4. The van der Waals surface area contributed by atoms with Gasteiger partial charge in [-0.3, -0.25) is 4.79 Å². The zero-order valence-corrected chi connectivity index (χ0v) is 11.8. The van der Waals surface area contributed by atoms with E-state index >= 15 is 0 Å². The fraction of sp³-hybridized carbons (Fsp3) is 0.273. The van der Waals surface area contributed by atoms with E-state index in [1.54, 1.807) is 12.1 Å². The average Bonchev–Trinajstić information content (AvgIpc) is 2.16. The number of hydrogen-bond acceptors (Lipinski definition) is 2. The van der Waals surface area contributed by atoms with Gasteiger partial charge < -0.3 is 11.1 Å². The summed E-state index contributed by atoms with van der Waals surface area (Å²) < 4.78 is 1.10. The van der Waals surface area contributed by atoms with Gasteiger partial charge in [-0.25, -0.2) is 0 Å². The Hall–Kier alpha value is -0.690. The molecule has 0 aliphatic carbocycles. The number of carbonyl (C=O) groups excluding carboxylic acids is 1. The number of rotatable bonds is 4. The van der Waals surface area contributed by atoms with Crippen LogP contribution in [0.5, 0.6) is 0 Å². The standard InChI is InChI=1S/C11H13IN2OS/c1-7(6-10(13)16)14-11(15)8-2-4-9(12)5-3-8/h2-5,7H,6H2,1H3,(H2,13,16)(H,14,15). The van der Waals surface area contributed by atoms with Crippen LogP contribution in [0, 0.1) is 3.57 Å². The number of nitrogens with one attached hydrogen (secondary N) is 1. The predicted octanol–water partition coefficient (Wildman–Crippen LogP) is 2.09. The summed E-state index contributed by atoms with van der Waals surface area (Å²) in [6, 6.07) is 7.35. The molecule has 0 aromatic heterocycles.